The highest BCUT2D eigenvalue weighted by atomic mass is 32.2. The first kappa shape index (κ1) is 16.4. The van der Waals surface area contributed by atoms with E-state index in [2.05, 4.69) is 17.4 Å². The molecule has 116 valence electrons. The number of aliphatic hydroxyl groups excluding tert-OH is 1. The second kappa shape index (κ2) is 8.44. The first-order chi connectivity index (χ1) is 10.2. The number of nitrogens with one attached hydrogen (secondary N) is 1. The van der Waals surface area contributed by atoms with Crippen LogP contribution in [0.25, 0.3) is 0 Å². The number of rotatable bonds is 8. The predicted molar refractivity (Wildman–Crippen MR) is 88.5 cm³/mol. The molecule has 1 aliphatic carbocycles. The molecule has 4 heteroatoms. The Balaban J connectivity index is 1.59. The summed E-state index contributed by atoms with van der Waals surface area (Å²) in [6, 6.07) is 10.3. The second-order valence-electron chi connectivity index (χ2n) is 5.93. The van der Waals surface area contributed by atoms with Gasteiger partial charge in [0.2, 0.25) is 5.91 Å². The molecule has 0 aliphatic heterocycles. The van der Waals surface area contributed by atoms with Crippen LogP contribution in [0.5, 0.6) is 0 Å². The standard InChI is InChI=1S/C17H25NO2S/c19-14-17(9-4-5-10-17)13-18-16(20)12-21-11-8-15-6-2-1-3-7-15/h1-3,6-7,19H,4-5,8-14H2,(H,18,20). The van der Waals surface area contributed by atoms with Crippen LogP contribution in [0, 0.1) is 5.41 Å². The monoisotopic (exact) mass is 307 g/mol. The third-order valence-corrected chi connectivity index (χ3v) is 5.23. The van der Waals surface area contributed by atoms with Crippen molar-refractivity contribution in [2.24, 2.45) is 5.41 Å². The van der Waals surface area contributed by atoms with E-state index >= 15 is 0 Å². The van der Waals surface area contributed by atoms with Crippen molar-refractivity contribution in [1.82, 2.24) is 5.32 Å². The van der Waals surface area contributed by atoms with E-state index in [1.165, 1.54) is 18.4 Å². The fraction of sp³-hybridized carbons (Fsp3) is 0.588. The summed E-state index contributed by atoms with van der Waals surface area (Å²) in [4.78, 5) is 11.9. The molecule has 1 fully saturated rings. The lowest BCUT2D eigenvalue weighted by molar-refractivity contribution is -0.119. The predicted octanol–water partition coefficient (Wildman–Crippen LogP) is 2.63. The number of carbonyl (C=O) groups is 1. The lowest BCUT2D eigenvalue weighted by Crippen LogP contribution is -2.39. The zero-order chi connectivity index (χ0) is 15.0. The van der Waals surface area contributed by atoms with Gasteiger partial charge in [-0.3, -0.25) is 4.79 Å². The van der Waals surface area contributed by atoms with Gasteiger partial charge in [-0.15, -0.1) is 0 Å². The smallest absolute Gasteiger partial charge is 0.230 e. The Labute approximate surface area is 131 Å². The number of aryl methyl sites for hydroxylation is 1. The van der Waals surface area contributed by atoms with Crippen LogP contribution in [0.2, 0.25) is 0 Å². The van der Waals surface area contributed by atoms with E-state index in [0.29, 0.717) is 12.3 Å². The van der Waals surface area contributed by atoms with Gasteiger partial charge in [-0.1, -0.05) is 43.2 Å². The third kappa shape index (κ3) is 5.36. The molecule has 0 heterocycles. The Morgan fingerprint density at radius 2 is 1.95 bits per heavy atom. The van der Waals surface area contributed by atoms with E-state index in [-0.39, 0.29) is 17.9 Å². The van der Waals surface area contributed by atoms with Crippen molar-refractivity contribution in [1.29, 1.82) is 0 Å². The molecule has 0 spiro atoms. The quantitative estimate of drug-likeness (QED) is 0.726. The lowest BCUT2D eigenvalue weighted by Gasteiger charge is -2.26. The Kier molecular flexibility index (Phi) is 6.58. The minimum Gasteiger partial charge on any atom is -0.396 e. The van der Waals surface area contributed by atoms with Crippen molar-refractivity contribution >= 4 is 17.7 Å². The maximum Gasteiger partial charge on any atom is 0.230 e. The van der Waals surface area contributed by atoms with Crippen LogP contribution in [-0.4, -0.2) is 35.7 Å². The molecule has 1 aliphatic rings. The first-order valence-corrected chi connectivity index (χ1v) is 8.89. The van der Waals surface area contributed by atoms with Crippen LogP contribution in [0.4, 0.5) is 0 Å². The van der Waals surface area contributed by atoms with Crippen molar-refractivity contribution in [3.05, 3.63) is 35.9 Å². The molecule has 3 nitrogen and oxygen atoms in total. The number of hydrogen-bond acceptors (Lipinski definition) is 3. The Hall–Kier alpha value is -1.00. The zero-order valence-electron chi connectivity index (χ0n) is 12.5. The number of amides is 1. The van der Waals surface area contributed by atoms with Crippen LogP contribution >= 0.6 is 11.8 Å². The minimum absolute atomic E-state index is 0.0512. The van der Waals surface area contributed by atoms with E-state index in [4.69, 9.17) is 0 Å². The van der Waals surface area contributed by atoms with Crippen molar-refractivity contribution in [2.75, 3.05) is 24.7 Å². The van der Waals surface area contributed by atoms with Crippen LogP contribution in [0.1, 0.15) is 31.2 Å². The van der Waals surface area contributed by atoms with E-state index in [9.17, 15) is 9.90 Å². The third-order valence-electron chi connectivity index (χ3n) is 4.27. The first-order valence-electron chi connectivity index (χ1n) is 7.73. The van der Waals surface area contributed by atoms with Gasteiger partial charge >= 0.3 is 0 Å². The summed E-state index contributed by atoms with van der Waals surface area (Å²) in [5, 5.41) is 12.5. The molecule has 1 amide bonds. The van der Waals surface area contributed by atoms with Gasteiger partial charge in [0.15, 0.2) is 0 Å². The number of thioether (sulfide) groups is 1. The molecule has 1 saturated carbocycles. The molecule has 0 aromatic heterocycles. The van der Waals surface area contributed by atoms with Crippen molar-refractivity contribution in [2.45, 2.75) is 32.1 Å². The fourth-order valence-electron chi connectivity index (χ4n) is 2.85. The molecular weight excluding hydrogens is 282 g/mol. The van der Waals surface area contributed by atoms with Crippen molar-refractivity contribution < 1.29 is 9.90 Å². The average Bonchev–Trinajstić information content (AvgIpc) is 3.00. The summed E-state index contributed by atoms with van der Waals surface area (Å²) in [5.41, 5.74) is 1.26. The summed E-state index contributed by atoms with van der Waals surface area (Å²) in [7, 11) is 0. The minimum atomic E-state index is -0.0512. The van der Waals surface area contributed by atoms with Crippen LogP contribution in [0.15, 0.2) is 30.3 Å². The highest BCUT2D eigenvalue weighted by molar-refractivity contribution is 7.99. The number of aliphatic hydroxyl groups is 1. The zero-order valence-corrected chi connectivity index (χ0v) is 13.3. The van der Waals surface area contributed by atoms with Crippen LogP contribution in [-0.2, 0) is 11.2 Å². The van der Waals surface area contributed by atoms with E-state index in [1.54, 1.807) is 11.8 Å². The number of hydrogen-bond donors (Lipinski definition) is 2. The molecule has 0 saturated heterocycles. The van der Waals surface area contributed by atoms with E-state index in [0.717, 1.165) is 25.0 Å². The van der Waals surface area contributed by atoms with Crippen molar-refractivity contribution in [3.63, 3.8) is 0 Å². The Bertz CT molecular complexity index is 430. The number of benzene rings is 1. The molecule has 2 rings (SSSR count). The molecule has 0 atom stereocenters. The summed E-state index contributed by atoms with van der Waals surface area (Å²) in [5.74, 6) is 1.56. The molecule has 2 N–H and O–H groups in total. The Morgan fingerprint density at radius 1 is 1.24 bits per heavy atom. The normalized spacial score (nSPS) is 16.8. The topological polar surface area (TPSA) is 49.3 Å². The summed E-state index contributed by atoms with van der Waals surface area (Å²) >= 11 is 1.67. The van der Waals surface area contributed by atoms with Gasteiger partial charge in [-0.2, -0.15) is 11.8 Å². The largest absolute Gasteiger partial charge is 0.396 e. The van der Waals surface area contributed by atoms with E-state index < -0.39 is 0 Å². The van der Waals surface area contributed by atoms with Gasteiger partial charge < -0.3 is 10.4 Å². The number of carbonyl (C=O) groups excluding carboxylic acids is 1. The molecule has 21 heavy (non-hydrogen) atoms. The maximum absolute atomic E-state index is 11.9. The van der Waals surface area contributed by atoms with Gasteiger partial charge in [0.1, 0.15) is 0 Å². The molecule has 1 aromatic rings. The van der Waals surface area contributed by atoms with Crippen molar-refractivity contribution in [3.8, 4) is 0 Å². The van der Waals surface area contributed by atoms with Gasteiger partial charge in [0.25, 0.3) is 0 Å². The molecule has 0 bridgehead atoms. The molecule has 1 aromatic carbocycles. The van der Waals surface area contributed by atoms with Gasteiger partial charge in [-0.05, 0) is 30.6 Å². The van der Waals surface area contributed by atoms with E-state index in [1.807, 2.05) is 18.2 Å². The SMILES string of the molecule is O=C(CSCCc1ccccc1)NCC1(CO)CCCC1. The highest BCUT2D eigenvalue weighted by Crippen LogP contribution is 2.36. The van der Waals surface area contributed by atoms with Crippen LogP contribution in [0.3, 0.4) is 0 Å². The van der Waals surface area contributed by atoms with Gasteiger partial charge in [0.05, 0.1) is 12.4 Å². The van der Waals surface area contributed by atoms with Gasteiger partial charge in [-0.25, -0.2) is 0 Å². The molecular formula is C17H25NO2S. The highest BCUT2D eigenvalue weighted by Gasteiger charge is 2.33. The van der Waals surface area contributed by atoms with Gasteiger partial charge in [0, 0.05) is 12.0 Å². The molecule has 0 unspecified atom stereocenters. The maximum atomic E-state index is 11.9. The van der Waals surface area contributed by atoms with Crippen LogP contribution < -0.4 is 5.32 Å². The Morgan fingerprint density at radius 3 is 2.62 bits per heavy atom. The summed E-state index contributed by atoms with van der Waals surface area (Å²) in [6.07, 6.45) is 5.40. The molecule has 0 radical (unpaired) electrons. The summed E-state index contributed by atoms with van der Waals surface area (Å²) < 4.78 is 0. The summed E-state index contributed by atoms with van der Waals surface area (Å²) in [6.45, 7) is 0.815. The second-order valence-corrected chi connectivity index (χ2v) is 7.04. The lowest BCUT2D eigenvalue weighted by atomic mass is 9.87. The average molecular weight is 307 g/mol. The fourth-order valence-corrected chi connectivity index (χ4v) is 3.66.